The Kier molecular flexibility index (Phi) is 5.47. The number of carbonyl (C=O) groups excluding carboxylic acids is 1. The fourth-order valence-electron chi connectivity index (χ4n) is 1.40. The van der Waals surface area contributed by atoms with Gasteiger partial charge in [0.25, 0.3) is 0 Å². The van der Waals surface area contributed by atoms with Gasteiger partial charge in [0.15, 0.2) is 0 Å². The van der Waals surface area contributed by atoms with Gasteiger partial charge in [0.1, 0.15) is 5.75 Å². The number of aryl methyl sites for hydroxylation is 1. The molecule has 0 heterocycles. The summed E-state index contributed by atoms with van der Waals surface area (Å²) in [5.41, 5.74) is 0.811. The molecule has 0 aliphatic rings. The predicted molar refractivity (Wildman–Crippen MR) is 66.7 cm³/mol. The first-order chi connectivity index (χ1) is 8.88. The summed E-state index contributed by atoms with van der Waals surface area (Å²) in [7, 11) is 0. The average Bonchev–Trinajstić information content (AvgIpc) is 2.32. The quantitative estimate of drug-likeness (QED) is 0.846. The van der Waals surface area contributed by atoms with Crippen molar-refractivity contribution in [3.63, 3.8) is 0 Å². The second-order valence-corrected chi connectivity index (χ2v) is 4.03. The van der Waals surface area contributed by atoms with Gasteiger partial charge in [-0.1, -0.05) is 6.07 Å². The van der Waals surface area contributed by atoms with Crippen LogP contribution < -0.4 is 10.1 Å². The van der Waals surface area contributed by atoms with Crippen molar-refractivity contribution >= 4 is 23.2 Å². The van der Waals surface area contributed by atoms with E-state index in [0.29, 0.717) is 12.3 Å². The Labute approximate surface area is 113 Å². The first kappa shape index (κ1) is 15.6. The highest BCUT2D eigenvalue weighted by molar-refractivity contribution is 6.18. The van der Waals surface area contributed by atoms with Gasteiger partial charge in [-0.3, -0.25) is 4.79 Å². The number of ether oxygens (including phenoxy) is 1. The van der Waals surface area contributed by atoms with Gasteiger partial charge in [0.2, 0.25) is 0 Å². The third-order valence-electron chi connectivity index (χ3n) is 2.23. The fourth-order valence-corrected chi connectivity index (χ4v) is 1.62. The molecule has 1 N–H and O–H groups in total. The Morgan fingerprint density at radius 2 is 2.11 bits per heavy atom. The lowest BCUT2D eigenvalue weighted by molar-refractivity contribution is -0.167. The molecular formula is C12H13ClF3NO2. The van der Waals surface area contributed by atoms with Crippen molar-refractivity contribution < 1.29 is 22.7 Å². The Hall–Kier alpha value is -1.43. The molecule has 0 atom stereocenters. The third-order valence-corrected chi connectivity index (χ3v) is 2.42. The molecule has 0 bridgehead atoms. The molecule has 0 aliphatic carbocycles. The summed E-state index contributed by atoms with van der Waals surface area (Å²) < 4.78 is 41.8. The van der Waals surface area contributed by atoms with Crippen LogP contribution in [0.1, 0.15) is 12.5 Å². The van der Waals surface area contributed by atoms with Crippen LogP contribution in [0.3, 0.4) is 0 Å². The lowest BCUT2D eigenvalue weighted by Crippen LogP contribution is -2.30. The lowest BCUT2D eigenvalue weighted by atomic mass is 10.1. The molecule has 1 amide bonds. The largest absolute Gasteiger partial charge is 0.492 e. The summed E-state index contributed by atoms with van der Waals surface area (Å²) in [6.07, 6.45) is -4.37. The van der Waals surface area contributed by atoms with E-state index in [0.717, 1.165) is 5.56 Å². The molecule has 1 rings (SSSR count). The summed E-state index contributed by atoms with van der Waals surface area (Å²) in [6, 6.07) is 4.53. The molecular weight excluding hydrogens is 283 g/mol. The monoisotopic (exact) mass is 295 g/mol. The second kappa shape index (κ2) is 6.65. The van der Waals surface area contributed by atoms with Gasteiger partial charge in [-0.15, -0.1) is 11.6 Å². The molecule has 0 aliphatic heterocycles. The molecule has 1 aromatic rings. The van der Waals surface area contributed by atoms with Crippen molar-refractivity contribution in [3.8, 4) is 5.75 Å². The molecule has 0 saturated carbocycles. The van der Waals surface area contributed by atoms with E-state index in [1.165, 1.54) is 6.07 Å². The maximum absolute atomic E-state index is 12.2. The zero-order valence-corrected chi connectivity index (χ0v) is 10.9. The van der Waals surface area contributed by atoms with E-state index < -0.39 is 12.1 Å². The number of hydrogen-bond acceptors (Lipinski definition) is 2. The number of halogens is 4. The van der Waals surface area contributed by atoms with Gasteiger partial charge < -0.3 is 10.1 Å². The Balaban J connectivity index is 2.96. The Morgan fingerprint density at radius 3 is 2.63 bits per heavy atom. The van der Waals surface area contributed by atoms with Crippen molar-refractivity contribution in [2.45, 2.75) is 19.5 Å². The van der Waals surface area contributed by atoms with Crippen LogP contribution in [0.15, 0.2) is 18.2 Å². The minimum absolute atomic E-state index is 0.0116. The first-order valence-corrected chi connectivity index (χ1v) is 6.11. The first-order valence-electron chi connectivity index (χ1n) is 5.58. The summed E-state index contributed by atoms with van der Waals surface area (Å²) in [5.74, 6) is -1.44. The highest BCUT2D eigenvalue weighted by Gasteiger charge is 2.39. The lowest BCUT2D eigenvalue weighted by Gasteiger charge is -2.14. The molecule has 0 spiro atoms. The van der Waals surface area contributed by atoms with Crippen LogP contribution in [-0.4, -0.2) is 24.6 Å². The molecule has 0 radical (unpaired) electrons. The summed E-state index contributed by atoms with van der Waals surface area (Å²) in [5, 5.41) is 1.78. The number of alkyl halides is 4. The molecule has 0 saturated heterocycles. The van der Waals surface area contributed by atoms with Crippen LogP contribution in [0.4, 0.5) is 18.9 Å². The van der Waals surface area contributed by atoms with E-state index in [9.17, 15) is 18.0 Å². The molecule has 3 nitrogen and oxygen atoms in total. The normalized spacial score (nSPS) is 11.2. The number of amides is 1. The van der Waals surface area contributed by atoms with Gasteiger partial charge >= 0.3 is 12.1 Å². The molecule has 0 unspecified atom stereocenters. The molecule has 106 valence electrons. The van der Waals surface area contributed by atoms with Crippen LogP contribution in [0.25, 0.3) is 0 Å². The number of hydrogen-bond donors (Lipinski definition) is 1. The minimum atomic E-state index is -4.93. The number of benzene rings is 1. The summed E-state index contributed by atoms with van der Waals surface area (Å²) in [6.45, 7) is 1.97. The predicted octanol–water partition coefficient (Wildman–Crippen LogP) is 3.37. The standard InChI is InChI=1S/C12H13ClF3NO2/c1-2-19-10-7-8(5-6-13)3-4-9(10)17-11(18)12(14,15)16/h3-4,7H,2,5-6H2,1H3,(H,17,18). The van der Waals surface area contributed by atoms with E-state index in [1.807, 2.05) is 0 Å². The number of carbonyl (C=O) groups is 1. The maximum atomic E-state index is 12.2. The van der Waals surface area contributed by atoms with Gasteiger partial charge in [0.05, 0.1) is 12.3 Å². The highest BCUT2D eigenvalue weighted by Crippen LogP contribution is 2.28. The number of rotatable bonds is 5. The van der Waals surface area contributed by atoms with Gasteiger partial charge in [0, 0.05) is 5.88 Å². The Morgan fingerprint density at radius 1 is 1.42 bits per heavy atom. The maximum Gasteiger partial charge on any atom is 0.471 e. The van der Waals surface area contributed by atoms with E-state index in [1.54, 1.807) is 24.4 Å². The SMILES string of the molecule is CCOc1cc(CCCl)ccc1NC(=O)C(F)(F)F. The second-order valence-electron chi connectivity index (χ2n) is 3.65. The van der Waals surface area contributed by atoms with E-state index in [-0.39, 0.29) is 18.0 Å². The average molecular weight is 296 g/mol. The van der Waals surface area contributed by atoms with Crippen LogP contribution >= 0.6 is 11.6 Å². The number of anilines is 1. The van der Waals surface area contributed by atoms with E-state index in [4.69, 9.17) is 16.3 Å². The van der Waals surface area contributed by atoms with Crippen molar-refractivity contribution in [2.75, 3.05) is 17.8 Å². The van der Waals surface area contributed by atoms with E-state index >= 15 is 0 Å². The molecule has 1 aromatic carbocycles. The zero-order chi connectivity index (χ0) is 14.5. The molecule has 0 fully saturated rings. The summed E-state index contributed by atoms with van der Waals surface area (Å²) >= 11 is 5.59. The van der Waals surface area contributed by atoms with E-state index in [2.05, 4.69) is 0 Å². The topological polar surface area (TPSA) is 38.3 Å². The van der Waals surface area contributed by atoms with Crippen molar-refractivity contribution in [2.24, 2.45) is 0 Å². The highest BCUT2D eigenvalue weighted by atomic mass is 35.5. The smallest absolute Gasteiger partial charge is 0.471 e. The molecule has 7 heteroatoms. The van der Waals surface area contributed by atoms with Gasteiger partial charge in [-0.25, -0.2) is 0 Å². The fraction of sp³-hybridized carbons (Fsp3) is 0.417. The van der Waals surface area contributed by atoms with Crippen LogP contribution in [0.5, 0.6) is 5.75 Å². The van der Waals surface area contributed by atoms with Gasteiger partial charge in [-0.05, 0) is 31.0 Å². The van der Waals surface area contributed by atoms with Crippen molar-refractivity contribution in [1.29, 1.82) is 0 Å². The van der Waals surface area contributed by atoms with Crippen LogP contribution in [0.2, 0.25) is 0 Å². The van der Waals surface area contributed by atoms with Crippen molar-refractivity contribution in [3.05, 3.63) is 23.8 Å². The van der Waals surface area contributed by atoms with Gasteiger partial charge in [-0.2, -0.15) is 13.2 Å². The molecule has 0 aromatic heterocycles. The zero-order valence-electron chi connectivity index (χ0n) is 10.2. The minimum Gasteiger partial charge on any atom is -0.492 e. The van der Waals surface area contributed by atoms with Crippen LogP contribution in [-0.2, 0) is 11.2 Å². The van der Waals surface area contributed by atoms with Crippen molar-refractivity contribution in [1.82, 2.24) is 0 Å². The number of nitrogens with one attached hydrogen (secondary N) is 1. The summed E-state index contributed by atoms with van der Waals surface area (Å²) in [4.78, 5) is 10.9. The Bertz CT molecular complexity index is 449. The molecule has 19 heavy (non-hydrogen) atoms. The third kappa shape index (κ3) is 4.63. The van der Waals surface area contributed by atoms with Crippen LogP contribution in [0, 0.1) is 0 Å².